The molecule has 0 radical (unpaired) electrons. The van der Waals surface area contributed by atoms with Crippen molar-refractivity contribution in [3.63, 3.8) is 0 Å². The van der Waals surface area contributed by atoms with E-state index in [4.69, 9.17) is 0 Å². The standard InChI is InChI=1S/C10H16N4/c1-8-4-6-12-10(13-8)14-9-3-2-5-11-7-9/h4,6,9,11H,2-3,5,7H2,1H3,(H,12,13,14). The summed E-state index contributed by atoms with van der Waals surface area (Å²) in [5.41, 5.74) is 1.01. The van der Waals surface area contributed by atoms with Crippen LogP contribution in [0.25, 0.3) is 0 Å². The van der Waals surface area contributed by atoms with Gasteiger partial charge in [-0.05, 0) is 32.4 Å². The molecule has 0 amide bonds. The minimum Gasteiger partial charge on any atom is -0.350 e. The summed E-state index contributed by atoms with van der Waals surface area (Å²) < 4.78 is 0. The van der Waals surface area contributed by atoms with Gasteiger partial charge in [-0.1, -0.05) is 0 Å². The zero-order valence-electron chi connectivity index (χ0n) is 8.45. The van der Waals surface area contributed by atoms with Gasteiger partial charge in [0.25, 0.3) is 0 Å². The van der Waals surface area contributed by atoms with Gasteiger partial charge in [0, 0.05) is 24.5 Å². The second-order valence-electron chi connectivity index (χ2n) is 3.71. The highest BCUT2D eigenvalue weighted by Gasteiger charge is 2.12. The minimum absolute atomic E-state index is 0.477. The summed E-state index contributed by atoms with van der Waals surface area (Å²) in [6.45, 7) is 4.12. The van der Waals surface area contributed by atoms with Crippen molar-refractivity contribution in [1.29, 1.82) is 0 Å². The number of aromatic nitrogens is 2. The molecule has 2 N–H and O–H groups in total. The van der Waals surface area contributed by atoms with Crippen LogP contribution < -0.4 is 10.6 Å². The molecule has 4 nitrogen and oxygen atoms in total. The lowest BCUT2D eigenvalue weighted by atomic mass is 10.1. The lowest BCUT2D eigenvalue weighted by Gasteiger charge is -2.23. The highest BCUT2D eigenvalue weighted by Crippen LogP contribution is 2.07. The molecule has 1 aliphatic rings. The summed E-state index contributed by atoms with van der Waals surface area (Å²) in [5.74, 6) is 0.749. The predicted molar refractivity (Wildman–Crippen MR) is 56.3 cm³/mol. The van der Waals surface area contributed by atoms with E-state index in [1.807, 2.05) is 13.0 Å². The van der Waals surface area contributed by atoms with Crippen molar-refractivity contribution in [3.05, 3.63) is 18.0 Å². The molecule has 76 valence electrons. The molecule has 1 aromatic rings. The highest BCUT2D eigenvalue weighted by atomic mass is 15.1. The number of nitrogens with zero attached hydrogens (tertiary/aromatic N) is 2. The summed E-state index contributed by atoms with van der Waals surface area (Å²) in [5, 5.41) is 6.69. The van der Waals surface area contributed by atoms with Gasteiger partial charge in [0.15, 0.2) is 0 Å². The maximum Gasteiger partial charge on any atom is 0.223 e. The SMILES string of the molecule is Cc1ccnc(NC2CCCNC2)n1. The molecule has 1 aliphatic heterocycles. The molecule has 1 aromatic heterocycles. The number of hydrogen-bond donors (Lipinski definition) is 2. The second-order valence-corrected chi connectivity index (χ2v) is 3.71. The summed E-state index contributed by atoms with van der Waals surface area (Å²) in [6.07, 6.45) is 4.22. The van der Waals surface area contributed by atoms with Crippen molar-refractivity contribution >= 4 is 5.95 Å². The third-order valence-electron chi connectivity index (χ3n) is 2.42. The van der Waals surface area contributed by atoms with Gasteiger partial charge in [-0.25, -0.2) is 9.97 Å². The first kappa shape index (κ1) is 9.40. The molecule has 1 saturated heterocycles. The zero-order chi connectivity index (χ0) is 9.80. The van der Waals surface area contributed by atoms with E-state index in [0.29, 0.717) is 6.04 Å². The quantitative estimate of drug-likeness (QED) is 0.732. The molecular weight excluding hydrogens is 176 g/mol. The maximum atomic E-state index is 4.32. The second kappa shape index (κ2) is 4.37. The Bertz CT molecular complexity index is 294. The molecule has 1 atom stereocenters. The molecule has 2 rings (SSSR count). The molecule has 2 heterocycles. The normalized spacial score (nSPS) is 21.9. The molecule has 1 unspecified atom stereocenters. The monoisotopic (exact) mass is 192 g/mol. The Balaban J connectivity index is 1.95. The van der Waals surface area contributed by atoms with Crippen molar-refractivity contribution in [3.8, 4) is 0 Å². The smallest absolute Gasteiger partial charge is 0.223 e. The predicted octanol–water partition coefficient (Wildman–Crippen LogP) is 0.949. The average molecular weight is 192 g/mol. The number of anilines is 1. The molecule has 0 aromatic carbocycles. The Morgan fingerprint density at radius 2 is 2.50 bits per heavy atom. The lowest BCUT2D eigenvalue weighted by molar-refractivity contribution is 0.478. The van der Waals surface area contributed by atoms with Crippen LogP contribution in [0.3, 0.4) is 0 Å². The van der Waals surface area contributed by atoms with Crippen molar-refractivity contribution in [2.24, 2.45) is 0 Å². The average Bonchev–Trinajstić information content (AvgIpc) is 2.19. The Hall–Kier alpha value is -1.16. The Labute approximate surface area is 84.2 Å². The minimum atomic E-state index is 0.477. The molecule has 0 aliphatic carbocycles. The maximum absolute atomic E-state index is 4.32. The Morgan fingerprint density at radius 3 is 3.21 bits per heavy atom. The molecule has 4 heteroatoms. The van der Waals surface area contributed by atoms with Gasteiger partial charge in [0.1, 0.15) is 0 Å². The fourth-order valence-corrected chi connectivity index (χ4v) is 1.68. The third-order valence-corrected chi connectivity index (χ3v) is 2.42. The molecule has 0 bridgehead atoms. The van der Waals surface area contributed by atoms with Crippen molar-refractivity contribution < 1.29 is 0 Å². The van der Waals surface area contributed by atoms with E-state index in [1.54, 1.807) is 6.20 Å². The van der Waals surface area contributed by atoms with Crippen LogP contribution in [0.1, 0.15) is 18.5 Å². The van der Waals surface area contributed by atoms with E-state index in [-0.39, 0.29) is 0 Å². The van der Waals surface area contributed by atoms with Gasteiger partial charge in [-0.2, -0.15) is 0 Å². The number of hydrogen-bond acceptors (Lipinski definition) is 4. The third kappa shape index (κ3) is 2.42. The van der Waals surface area contributed by atoms with Crippen LogP contribution in [0.15, 0.2) is 12.3 Å². The number of nitrogens with one attached hydrogen (secondary N) is 2. The molecule has 0 spiro atoms. The Kier molecular flexibility index (Phi) is 2.93. The van der Waals surface area contributed by atoms with Crippen LogP contribution in [-0.2, 0) is 0 Å². The van der Waals surface area contributed by atoms with Gasteiger partial charge in [0.2, 0.25) is 5.95 Å². The van der Waals surface area contributed by atoms with E-state index >= 15 is 0 Å². The van der Waals surface area contributed by atoms with Crippen LogP contribution in [0.4, 0.5) is 5.95 Å². The first-order chi connectivity index (χ1) is 6.84. The zero-order valence-corrected chi connectivity index (χ0v) is 8.45. The van der Waals surface area contributed by atoms with Crippen LogP contribution in [0, 0.1) is 6.92 Å². The van der Waals surface area contributed by atoms with Gasteiger partial charge in [-0.3, -0.25) is 0 Å². The lowest BCUT2D eigenvalue weighted by Crippen LogP contribution is -2.38. The summed E-state index contributed by atoms with van der Waals surface area (Å²) in [4.78, 5) is 8.50. The van der Waals surface area contributed by atoms with Crippen LogP contribution in [0.5, 0.6) is 0 Å². The number of rotatable bonds is 2. The fraction of sp³-hybridized carbons (Fsp3) is 0.600. The van der Waals surface area contributed by atoms with E-state index in [0.717, 1.165) is 24.7 Å². The van der Waals surface area contributed by atoms with Gasteiger partial charge >= 0.3 is 0 Å². The van der Waals surface area contributed by atoms with Crippen molar-refractivity contribution in [2.45, 2.75) is 25.8 Å². The summed E-state index contributed by atoms with van der Waals surface area (Å²) in [7, 11) is 0. The van der Waals surface area contributed by atoms with E-state index in [2.05, 4.69) is 20.6 Å². The molecule has 0 saturated carbocycles. The van der Waals surface area contributed by atoms with E-state index < -0.39 is 0 Å². The van der Waals surface area contributed by atoms with Crippen LogP contribution >= 0.6 is 0 Å². The van der Waals surface area contributed by atoms with Crippen LogP contribution in [0.2, 0.25) is 0 Å². The topological polar surface area (TPSA) is 49.8 Å². The number of piperidine rings is 1. The molecule has 14 heavy (non-hydrogen) atoms. The Morgan fingerprint density at radius 1 is 1.57 bits per heavy atom. The first-order valence-electron chi connectivity index (χ1n) is 5.11. The van der Waals surface area contributed by atoms with Gasteiger partial charge in [-0.15, -0.1) is 0 Å². The fourth-order valence-electron chi connectivity index (χ4n) is 1.68. The largest absolute Gasteiger partial charge is 0.350 e. The van der Waals surface area contributed by atoms with Gasteiger partial charge in [0.05, 0.1) is 0 Å². The highest BCUT2D eigenvalue weighted by molar-refractivity contribution is 5.26. The van der Waals surface area contributed by atoms with Crippen LogP contribution in [-0.4, -0.2) is 29.1 Å². The molecule has 1 fully saturated rings. The van der Waals surface area contributed by atoms with E-state index in [9.17, 15) is 0 Å². The van der Waals surface area contributed by atoms with Crippen molar-refractivity contribution in [1.82, 2.24) is 15.3 Å². The van der Waals surface area contributed by atoms with Crippen molar-refractivity contribution in [2.75, 3.05) is 18.4 Å². The first-order valence-corrected chi connectivity index (χ1v) is 5.11. The summed E-state index contributed by atoms with van der Waals surface area (Å²) >= 11 is 0. The molecular formula is C10H16N4. The number of aryl methyl sites for hydroxylation is 1. The van der Waals surface area contributed by atoms with Gasteiger partial charge < -0.3 is 10.6 Å². The van der Waals surface area contributed by atoms with E-state index in [1.165, 1.54) is 12.8 Å². The summed E-state index contributed by atoms with van der Waals surface area (Å²) in [6, 6.07) is 2.38.